The summed E-state index contributed by atoms with van der Waals surface area (Å²) in [5.74, 6) is -0.441. The van der Waals surface area contributed by atoms with E-state index in [0.717, 1.165) is 66.4 Å². The van der Waals surface area contributed by atoms with Gasteiger partial charge < -0.3 is 35.1 Å². The average molecular weight is 980 g/mol. The molecule has 0 bridgehead atoms. The van der Waals surface area contributed by atoms with E-state index in [4.69, 9.17) is 42.9 Å². The number of amides is 2. The Balaban J connectivity index is 0.000000174. The van der Waals surface area contributed by atoms with Gasteiger partial charge in [-0.3, -0.25) is 19.0 Å². The molecule has 4 unspecified atom stereocenters. The average Bonchev–Trinajstić information content (AvgIpc) is 4.06. The highest BCUT2D eigenvalue weighted by Crippen LogP contribution is 2.32. The van der Waals surface area contributed by atoms with E-state index in [1.54, 1.807) is 34.2 Å². The molecule has 2 aromatic carbocycles. The third-order valence-electron chi connectivity index (χ3n) is 12.7. The molecule has 0 radical (unpaired) electrons. The van der Waals surface area contributed by atoms with Crippen molar-refractivity contribution in [3.63, 3.8) is 0 Å². The van der Waals surface area contributed by atoms with Crippen LogP contribution < -0.4 is 10.6 Å². The number of aromatic nitrogens is 10. The van der Waals surface area contributed by atoms with Gasteiger partial charge in [-0.2, -0.15) is 10.2 Å². The van der Waals surface area contributed by atoms with Crippen molar-refractivity contribution in [1.29, 1.82) is 0 Å². The summed E-state index contributed by atoms with van der Waals surface area (Å²) in [6.45, 7) is 7.89. The Bertz CT molecular complexity index is 3160. The number of aliphatic hydroxyl groups excluding tert-OH is 2. The predicted octanol–water partition coefficient (Wildman–Crippen LogP) is 8.18. The van der Waals surface area contributed by atoms with Crippen LogP contribution in [0.5, 0.6) is 0 Å². The zero-order chi connectivity index (χ0) is 47.9. The number of fused-ring (bicyclic) bond motifs is 4. The van der Waals surface area contributed by atoms with Crippen LogP contribution in [0.1, 0.15) is 72.1 Å². The number of hydrogen-bond acceptors (Lipinski definition) is 11. The lowest BCUT2D eigenvalue weighted by molar-refractivity contribution is 0.0835. The highest BCUT2D eigenvalue weighted by molar-refractivity contribution is 6.76. The Morgan fingerprint density at radius 1 is 0.779 bits per heavy atom. The van der Waals surface area contributed by atoms with Gasteiger partial charge in [0.25, 0.3) is 11.8 Å². The van der Waals surface area contributed by atoms with Crippen molar-refractivity contribution in [2.75, 3.05) is 6.61 Å². The second-order valence-corrected chi connectivity index (χ2v) is 25.7. The van der Waals surface area contributed by atoms with Gasteiger partial charge in [-0.15, -0.1) is 0 Å². The van der Waals surface area contributed by atoms with Crippen LogP contribution in [0.15, 0.2) is 61.2 Å². The molecule has 0 saturated heterocycles. The first kappa shape index (κ1) is 47.3. The Hall–Kier alpha value is -5.76. The minimum Gasteiger partial charge on any atom is -0.393 e. The maximum atomic E-state index is 13.5. The zero-order valence-corrected chi connectivity index (χ0v) is 41.3. The Labute approximate surface area is 403 Å². The van der Waals surface area contributed by atoms with Crippen LogP contribution in [-0.2, 0) is 25.6 Å². The molecule has 2 saturated carbocycles. The van der Waals surface area contributed by atoms with Gasteiger partial charge in [-0.25, -0.2) is 19.9 Å². The summed E-state index contributed by atoms with van der Waals surface area (Å²) in [4.78, 5) is 48.1. The lowest BCUT2D eigenvalue weighted by Crippen LogP contribution is -2.39. The van der Waals surface area contributed by atoms with E-state index in [9.17, 15) is 19.8 Å². The fraction of sp³-hybridized carbons (Fsp3) is 0.417. The SMILES string of the molecule is Cn1nc(-c2cnc3[nH]cc(C(=O)NC4CCCC(O)C4)c3n2)c2ccc(Cl)cc21.Cn1nc(-c2cnc3c(n2)c(C(=O)NC2CCCC(O)C2)cn3COCC[Si](C)(C)C)c2ccc(Cl)cc21. The van der Waals surface area contributed by atoms with E-state index in [1.165, 1.54) is 0 Å². The van der Waals surface area contributed by atoms with Crippen LogP contribution >= 0.6 is 23.2 Å². The molecule has 2 aliphatic rings. The van der Waals surface area contributed by atoms with Gasteiger partial charge in [0.15, 0.2) is 11.3 Å². The fourth-order valence-electron chi connectivity index (χ4n) is 9.11. The summed E-state index contributed by atoms with van der Waals surface area (Å²) in [5.41, 5.74) is 7.27. The Morgan fingerprint density at radius 2 is 1.32 bits per heavy atom. The van der Waals surface area contributed by atoms with Crippen LogP contribution in [-0.4, -0.2) is 110 Å². The van der Waals surface area contributed by atoms with Crippen molar-refractivity contribution < 1.29 is 24.5 Å². The van der Waals surface area contributed by atoms with Gasteiger partial charge in [0, 0.05) is 74.1 Å². The number of hydrogen-bond donors (Lipinski definition) is 5. The molecule has 10 rings (SSSR count). The highest BCUT2D eigenvalue weighted by atomic mass is 35.5. The number of aromatic amines is 1. The number of halogens is 2. The number of carbonyl (C=O) groups excluding carboxylic acids is 2. The number of benzene rings is 2. The molecule has 2 aliphatic carbocycles. The van der Waals surface area contributed by atoms with Crippen molar-refractivity contribution in [2.24, 2.45) is 14.1 Å². The summed E-state index contributed by atoms with van der Waals surface area (Å²) in [5, 5.41) is 38.4. The smallest absolute Gasteiger partial charge is 0.255 e. The predicted molar refractivity (Wildman–Crippen MR) is 266 cm³/mol. The van der Waals surface area contributed by atoms with Crippen LogP contribution in [0.4, 0.5) is 0 Å². The van der Waals surface area contributed by atoms with Crippen molar-refractivity contribution in [3.05, 3.63) is 82.4 Å². The zero-order valence-electron chi connectivity index (χ0n) is 38.8. The van der Waals surface area contributed by atoms with E-state index in [-0.39, 0.29) is 42.8 Å². The quantitative estimate of drug-likeness (QED) is 0.0615. The second kappa shape index (κ2) is 19.7. The maximum Gasteiger partial charge on any atom is 0.255 e. The summed E-state index contributed by atoms with van der Waals surface area (Å²) in [7, 11) is 2.48. The normalized spacial score (nSPS) is 18.8. The number of H-pyrrole nitrogens is 1. The molecule has 2 fully saturated rings. The van der Waals surface area contributed by atoms with E-state index in [2.05, 4.69) is 50.4 Å². The lowest BCUT2D eigenvalue weighted by Gasteiger charge is -2.26. The molecule has 6 heterocycles. The molecule has 2 amide bonds. The van der Waals surface area contributed by atoms with Crippen molar-refractivity contribution in [1.82, 2.24) is 59.7 Å². The first-order chi connectivity index (χ1) is 32.6. The molecule has 6 aromatic heterocycles. The van der Waals surface area contributed by atoms with E-state index in [1.807, 2.05) is 55.1 Å². The van der Waals surface area contributed by atoms with Crippen molar-refractivity contribution >= 4 is 87.2 Å². The number of aryl methyl sites for hydroxylation is 2. The van der Waals surface area contributed by atoms with Crippen molar-refractivity contribution in [3.8, 4) is 22.8 Å². The Kier molecular flexibility index (Phi) is 13.7. The monoisotopic (exact) mass is 978 g/mol. The third-order valence-corrected chi connectivity index (χ3v) is 14.9. The van der Waals surface area contributed by atoms with E-state index < -0.39 is 8.07 Å². The fourth-order valence-corrected chi connectivity index (χ4v) is 10.2. The molecule has 8 aromatic rings. The van der Waals surface area contributed by atoms with Gasteiger partial charge in [-0.1, -0.05) is 42.8 Å². The molecule has 4 atom stereocenters. The lowest BCUT2D eigenvalue weighted by atomic mass is 9.93. The molecule has 0 aliphatic heterocycles. The first-order valence-corrected chi connectivity index (χ1v) is 27.6. The minimum atomic E-state index is -1.23. The van der Waals surface area contributed by atoms with Crippen LogP contribution in [0.2, 0.25) is 35.7 Å². The van der Waals surface area contributed by atoms with Gasteiger partial charge in [-0.05, 0) is 93.8 Å². The van der Waals surface area contributed by atoms with Gasteiger partial charge in [0.05, 0.1) is 46.8 Å². The molecule has 17 nitrogen and oxygen atoms in total. The summed E-state index contributed by atoms with van der Waals surface area (Å²) in [6.07, 6.45) is 12.2. The molecule has 356 valence electrons. The summed E-state index contributed by atoms with van der Waals surface area (Å²) >= 11 is 12.3. The molecular weight excluding hydrogens is 924 g/mol. The molecule has 68 heavy (non-hydrogen) atoms. The molecule has 0 spiro atoms. The largest absolute Gasteiger partial charge is 0.393 e. The number of nitrogens with one attached hydrogen (secondary N) is 3. The van der Waals surface area contributed by atoms with Gasteiger partial charge in [0.2, 0.25) is 0 Å². The summed E-state index contributed by atoms with van der Waals surface area (Å²) in [6, 6.07) is 12.1. The van der Waals surface area contributed by atoms with E-state index >= 15 is 0 Å². The maximum absolute atomic E-state index is 13.5. The number of ether oxygens (including phenoxy) is 1. The highest BCUT2D eigenvalue weighted by Gasteiger charge is 2.27. The number of aliphatic hydroxyl groups is 2. The van der Waals surface area contributed by atoms with Crippen LogP contribution in [0.25, 0.3) is 66.9 Å². The standard InChI is InChI=1S/C27H35ClN6O3Si.C21H21ClN6O2/c1-33-23-12-17(28)8-9-20(23)24(32-33)22-14-29-26-25(31-22)21(15-34(26)16-37-10-11-38(2,3)4)27(36)30-18-6-5-7-19(35)13-18;1-28-17-7-11(22)5-6-14(17)18(27-28)16-10-24-20-19(26-16)15(9-23-20)21(30)25-12-3-2-4-13(29)8-12/h8-9,12,14-15,18-19,35H,5-7,10-11,13,16H2,1-4H3,(H,30,36);5-7,9-10,12-13,29H,2-4,8H2,1H3,(H,23,24)(H,25,30). The topological polar surface area (TPSA) is 216 Å². The van der Waals surface area contributed by atoms with Gasteiger partial charge in [0.1, 0.15) is 40.5 Å². The van der Waals surface area contributed by atoms with Crippen molar-refractivity contribution in [2.45, 2.75) is 108 Å². The number of rotatable bonds is 11. The first-order valence-electron chi connectivity index (χ1n) is 23.1. The summed E-state index contributed by atoms with van der Waals surface area (Å²) < 4.78 is 11.3. The van der Waals surface area contributed by atoms with Crippen LogP contribution in [0.3, 0.4) is 0 Å². The van der Waals surface area contributed by atoms with E-state index in [0.29, 0.717) is 85.7 Å². The Morgan fingerprint density at radius 3 is 1.88 bits per heavy atom. The van der Waals surface area contributed by atoms with Crippen LogP contribution in [0, 0.1) is 0 Å². The molecular formula is C48H56Cl2N12O5Si. The number of nitrogens with zero attached hydrogens (tertiary/aromatic N) is 9. The third kappa shape index (κ3) is 10.3. The second-order valence-electron chi connectivity index (χ2n) is 19.2. The molecule has 5 N–H and O–H groups in total. The minimum absolute atomic E-state index is 0.0353. The van der Waals surface area contributed by atoms with Gasteiger partial charge >= 0.3 is 0 Å². The number of carbonyl (C=O) groups is 2. The molecule has 20 heteroatoms.